The summed E-state index contributed by atoms with van der Waals surface area (Å²) in [5.74, 6) is 0.331. The van der Waals surface area contributed by atoms with Crippen molar-refractivity contribution in [2.75, 3.05) is 6.26 Å². The van der Waals surface area contributed by atoms with E-state index in [0.29, 0.717) is 17.0 Å². The summed E-state index contributed by atoms with van der Waals surface area (Å²) in [5.41, 5.74) is 0.977. The van der Waals surface area contributed by atoms with Gasteiger partial charge in [0.15, 0.2) is 0 Å². The zero-order chi connectivity index (χ0) is 15.5. The SMILES string of the molecule is Cc1cc(F)ccc1Oc1cnc(COS(C)(=O)=O)cn1. The minimum absolute atomic E-state index is 0.193. The highest BCUT2D eigenvalue weighted by Crippen LogP contribution is 2.23. The van der Waals surface area contributed by atoms with E-state index < -0.39 is 10.1 Å². The van der Waals surface area contributed by atoms with Gasteiger partial charge in [-0.15, -0.1) is 0 Å². The number of aryl methyl sites for hydroxylation is 1. The van der Waals surface area contributed by atoms with Gasteiger partial charge in [0.25, 0.3) is 10.1 Å². The highest BCUT2D eigenvalue weighted by Gasteiger charge is 2.07. The third-order valence-electron chi connectivity index (χ3n) is 2.45. The number of halogens is 1. The molecule has 0 saturated heterocycles. The highest BCUT2D eigenvalue weighted by molar-refractivity contribution is 7.85. The zero-order valence-corrected chi connectivity index (χ0v) is 12.2. The van der Waals surface area contributed by atoms with Crippen molar-refractivity contribution >= 4 is 10.1 Å². The molecule has 0 spiro atoms. The third kappa shape index (κ3) is 4.76. The molecule has 6 nitrogen and oxygen atoms in total. The van der Waals surface area contributed by atoms with Gasteiger partial charge in [0.2, 0.25) is 5.88 Å². The molecule has 2 rings (SSSR count). The Kier molecular flexibility index (Phi) is 4.49. The fourth-order valence-electron chi connectivity index (χ4n) is 1.48. The summed E-state index contributed by atoms with van der Waals surface area (Å²) in [6.45, 7) is 1.52. The van der Waals surface area contributed by atoms with Crippen LogP contribution in [0.25, 0.3) is 0 Å². The summed E-state index contributed by atoms with van der Waals surface area (Å²) in [6.07, 6.45) is 3.64. The quantitative estimate of drug-likeness (QED) is 0.788. The van der Waals surface area contributed by atoms with Gasteiger partial charge < -0.3 is 4.74 Å². The van der Waals surface area contributed by atoms with Crippen molar-refractivity contribution in [1.29, 1.82) is 0 Å². The van der Waals surface area contributed by atoms with Gasteiger partial charge >= 0.3 is 0 Å². The Morgan fingerprint density at radius 3 is 2.57 bits per heavy atom. The van der Waals surface area contributed by atoms with Crippen LogP contribution in [-0.4, -0.2) is 24.6 Å². The largest absolute Gasteiger partial charge is 0.437 e. The lowest BCUT2D eigenvalue weighted by Gasteiger charge is -2.07. The van der Waals surface area contributed by atoms with E-state index in [2.05, 4.69) is 14.2 Å². The Hall–Kier alpha value is -2.06. The minimum atomic E-state index is -3.53. The van der Waals surface area contributed by atoms with Crippen molar-refractivity contribution < 1.29 is 21.7 Å². The van der Waals surface area contributed by atoms with E-state index in [4.69, 9.17) is 4.74 Å². The molecule has 0 bridgehead atoms. The number of rotatable bonds is 5. The normalized spacial score (nSPS) is 11.4. The molecule has 0 amide bonds. The summed E-state index contributed by atoms with van der Waals surface area (Å²) < 4.78 is 44.7. The maximum absolute atomic E-state index is 13.0. The first-order chi connectivity index (χ1) is 9.83. The van der Waals surface area contributed by atoms with E-state index in [1.807, 2.05) is 0 Å². The molecule has 1 heterocycles. The van der Waals surface area contributed by atoms with E-state index >= 15 is 0 Å². The summed E-state index contributed by atoms with van der Waals surface area (Å²) in [4.78, 5) is 7.96. The van der Waals surface area contributed by atoms with E-state index in [0.717, 1.165) is 6.26 Å². The highest BCUT2D eigenvalue weighted by atomic mass is 32.2. The van der Waals surface area contributed by atoms with Crippen LogP contribution in [0.4, 0.5) is 4.39 Å². The fraction of sp³-hybridized carbons (Fsp3) is 0.231. The molecule has 0 N–H and O–H groups in total. The van der Waals surface area contributed by atoms with Gasteiger partial charge in [-0.05, 0) is 30.7 Å². The van der Waals surface area contributed by atoms with Gasteiger partial charge in [0, 0.05) is 0 Å². The second-order valence-corrected chi connectivity index (χ2v) is 5.97. The van der Waals surface area contributed by atoms with Crippen LogP contribution in [0, 0.1) is 12.7 Å². The number of hydrogen-bond acceptors (Lipinski definition) is 6. The first-order valence-corrected chi connectivity index (χ1v) is 7.74. The van der Waals surface area contributed by atoms with Crippen molar-refractivity contribution in [2.45, 2.75) is 13.5 Å². The predicted octanol–water partition coefficient (Wildman–Crippen LogP) is 2.19. The van der Waals surface area contributed by atoms with Crippen molar-refractivity contribution in [3.63, 3.8) is 0 Å². The van der Waals surface area contributed by atoms with Gasteiger partial charge in [-0.3, -0.25) is 9.17 Å². The Morgan fingerprint density at radius 1 is 1.24 bits per heavy atom. The molecule has 21 heavy (non-hydrogen) atoms. The lowest BCUT2D eigenvalue weighted by atomic mass is 10.2. The van der Waals surface area contributed by atoms with Crippen LogP contribution in [0.2, 0.25) is 0 Å². The van der Waals surface area contributed by atoms with Crippen LogP contribution in [0.15, 0.2) is 30.6 Å². The predicted molar refractivity (Wildman–Crippen MR) is 72.9 cm³/mol. The molecule has 0 aliphatic carbocycles. The number of hydrogen-bond donors (Lipinski definition) is 0. The number of aromatic nitrogens is 2. The first kappa shape index (κ1) is 15.3. The van der Waals surface area contributed by atoms with Crippen LogP contribution in [0.3, 0.4) is 0 Å². The second-order valence-electron chi connectivity index (χ2n) is 4.32. The van der Waals surface area contributed by atoms with Crippen molar-refractivity contribution in [3.8, 4) is 11.6 Å². The van der Waals surface area contributed by atoms with Crippen LogP contribution < -0.4 is 4.74 Å². The summed E-state index contributed by atoms with van der Waals surface area (Å²) >= 11 is 0. The first-order valence-electron chi connectivity index (χ1n) is 5.93. The second kappa shape index (κ2) is 6.15. The molecular formula is C13H13FN2O4S. The maximum atomic E-state index is 13.0. The van der Waals surface area contributed by atoms with Crippen molar-refractivity contribution in [2.24, 2.45) is 0 Å². The van der Waals surface area contributed by atoms with E-state index in [-0.39, 0.29) is 18.3 Å². The minimum Gasteiger partial charge on any atom is -0.437 e. The smallest absolute Gasteiger partial charge is 0.264 e. The molecule has 0 aliphatic rings. The fourth-order valence-corrected chi connectivity index (χ4v) is 1.81. The van der Waals surface area contributed by atoms with Crippen molar-refractivity contribution in [3.05, 3.63) is 47.7 Å². The molecule has 0 aliphatic heterocycles. The molecule has 8 heteroatoms. The average molecular weight is 312 g/mol. The standard InChI is InChI=1S/C13H13FN2O4S/c1-9-5-10(14)3-4-12(9)20-13-7-15-11(6-16-13)8-19-21(2,17)18/h3-7H,8H2,1-2H3. The number of ether oxygens (including phenoxy) is 1. The molecule has 0 radical (unpaired) electrons. The summed E-state index contributed by atoms with van der Waals surface area (Å²) in [7, 11) is -3.53. The third-order valence-corrected chi connectivity index (χ3v) is 3.00. The molecule has 0 unspecified atom stereocenters. The maximum Gasteiger partial charge on any atom is 0.264 e. The molecule has 0 saturated carbocycles. The van der Waals surface area contributed by atoms with Gasteiger partial charge in [-0.25, -0.2) is 9.37 Å². The van der Waals surface area contributed by atoms with Crippen molar-refractivity contribution in [1.82, 2.24) is 9.97 Å². The van der Waals surface area contributed by atoms with Gasteiger partial charge in [0.05, 0.1) is 24.3 Å². The van der Waals surface area contributed by atoms with Gasteiger partial charge in [-0.1, -0.05) is 0 Å². The Labute approximate surface area is 121 Å². The summed E-state index contributed by atoms with van der Waals surface area (Å²) in [6, 6.07) is 4.12. The zero-order valence-electron chi connectivity index (χ0n) is 11.4. The molecule has 0 atom stereocenters. The molecule has 112 valence electrons. The van der Waals surface area contributed by atoms with Gasteiger partial charge in [0.1, 0.15) is 18.2 Å². The topological polar surface area (TPSA) is 78.4 Å². The molecule has 1 aromatic heterocycles. The monoisotopic (exact) mass is 312 g/mol. The van der Waals surface area contributed by atoms with E-state index in [1.165, 1.54) is 30.6 Å². The number of nitrogens with zero attached hydrogens (tertiary/aromatic N) is 2. The molecular weight excluding hydrogens is 299 g/mol. The van der Waals surface area contributed by atoms with E-state index in [9.17, 15) is 12.8 Å². The van der Waals surface area contributed by atoms with E-state index in [1.54, 1.807) is 6.92 Å². The Morgan fingerprint density at radius 2 is 2.00 bits per heavy atom. The van der Waals surface area contributed by atoms with Crippen LogP contribution in [-0.2, 0) is 20.9 Å². The summed E-state index contributed by atoms with van der Waals surface area (Å²) in [5, 5.41) is 0. The van der Waals surface area contributed by atoms with Crippen LogP contribution in [0.5, 0.6) is 11.6 Å². The lowest BCUT2D eigenvalue weighted by Crippen LogP contribution is -2.04. The molecule has 2 aromatic rings. The Balaban J connectivity index is 2.05. The van der Waals surface area contributed by atoms with Crippen LogP contribution in [0.1, 0.15) is 11.3 Å². The van der Waals surface area contributed by atoms with Crippen LogP contribution >= 0.6 is 0 Å². The average Bonchev–Trinajstić information content (AvgIpc) is 2.40. The molecule has 1 aromatic carbocycles. The lowest BCUT2D eigenvalue weighted by molar-refractivity contribution is 0.306. The molecule has 0 fully saturated rings. The van der Waals surface area contributed by atoms with Gasteiger partial charge in [-0.2, -0.15) is 8.42 Å². The number of benzene rings is 1. The Bertz CT molecular complexity index is 732.